The molecule has 3 heterocycles. The second kappa shape index (κ2) is 10.4. The summed E-state index contributed by atoms with van der Waals surface area (Å²) < 4.78 is 5.55. The number of methoxy groups -OCH3 is 1. The summed E-state index contributed by atoms with van der Waals surface area (Å²) in [6.45, 7) is 3.71. The van der Waals surface area contributed by atoms with Crippen molar-refractivity contribution in [2.45, 2.75) is 19.3 Å². The molecule has 3 aromatic rings. The Bertz CT molecular complexity index is 1240. The number of nitrogens with one attached hydrogen (secondary N) is 1. The Kier molecular flexibility index (Phi) is 6.92. The molecule has 0 aliphatic carbocycles. The first kappa shape index (κ1) is 23.3. The van der Waals surface area contributed by atoms with Crippen molar-refractivity contribution < 1.29 is 14.6 Å². The molecule has 8 nitrogen and oxygen atoms in total. The largest absolute Gasteiger partial charge is 0.494 e. The second-order valence-electron chi connectivity index (χ2n) is 9.12. The van der Waals surface area contributed by atoms with Crippen LogP contribution in [0.2, 0.25) is 0 Å². The van der Waals surface area contributed by atoms with Crippen molar-refractivity contribution in [2.75, 3.05) is 50.1 Å². The Balaban J connectivity index is 1.34. The highest BCUT2D eigenvalue weighted by Crippen LogP contribution is 2.39. The van der Waals surface area contributed by atoms with Gasteiger partial charge in [0.15, 0.2) is 0 Å². The standard InChI is InChI=1S/C27H31N5O3/c1-35-25-16-22-21(27(29-18-28-22)32-14-10-20-5-2-3-6-24(20)32)15-23(25)30-26(34)7-4-11-31-12-8-19(17-33)9-13-31/h2-7,15-16,18-19,33H,8-14,17H2,1H3,(H,30,34)/b7-4+. The maximum Gasteiger partial charge on any atom is 0.248 e. The topological polar surface area (TPSA) is 90.8 Å². The number of fused-ring (bicyclic) bond motifs is 2. The molecule has 8 heteroatoms. The fraction of sp³-hybridized carbons (Fsp3) is 0.370. The van der Waals surface area contributed by atoms with Crippen molar-refractivity contribution in [1.82, 2.24) is 14.9 Å². The molecule has 0 bridgehead atoms. The summed E-state index contributed by atoms with van der Waals surface area (Å²) in [5, 5.41) is 13.1. The zero-order chi connectivity index (χ0) is 24.2. The lowest BCUT2D eigenvalue weighted by molar-refractivity contribution is -0.111. The maximum atomic E-state index is 12.7. The van der Waals surface area contributed by atoms with Crippen LogP contribution in [0.1, 0.15) is 18.4 Å². The van der Waals surface area contributed by atoms with Crippen molar-refractivity contribution >= 4 is 34.0 Å². The predicted molar refractivity (Wildman–Crippen MR) is 137 cm³/mol. The van der Waals surface area contributed by atoms with Gasteiger partial charge in [0.25, 0.3) is 0 Å². The molecule has 35 heavy (non-hydrogen) atoms. The van der Waals surface area contributed by atoms with Gasteiger partial charge in [0.05, 0.1) is 18.3 Å². The molecule has 0 spiro atoms. The van der Waals surface area contributed by atoms with Gasteiger partial charge < -0.3 is 20.1 Å². The van der Waals surface area contributed by atoms with Crippen LogP contribution in [0, 0.1) is 5.92 Å². The zero-order valence-electron chi connectivity index (χ0n) is 20.0. The van der Waals surface area contributed by atoms with Crippen LogP contribution in [0.3, 0.4) is 0 Å². The van der Waals surface area contributed by atoms with E-state index in [1.165, 1.54) is 5.56 Å². The number of likely N-dealkylation sites (tertiary alicyclic amines) is 1. The molecular weight excluding hydrogens is 442 g/mol. The first-order chi connectivity index (χ1) is 17.2. The Morgan fingerprint density at radius 2 is 2.03 bits per heavy atom. The van der Waals surface area contributed by atoms with Crippen LogP contribution in [-0.4, -0.2) is 65.8 Å². The van der Waals surface area contributed by atoms with E-state index in [0.29, 0.717) is 23.9 Å². The van der Waals surface area contributed by atoms with Gasteiger partial charge in [-0.15, -0.1) is 0 Å². The highest BCUT2D eigenvalue weighted by atomic mass is 16.5. The molecule has 2 aliphatic heterocycles. The Labute approximate surface area is 205 Å². The number of para-hydroxylation sites is 1. The quantitative estimate of drug-likeness (QED) is 0.507. The lowest BCUT2D eigenvalue weighted by Gasteiger charge is -2.29. The van der Waals surface area contributed by atoms with E-state index in [2.05, 4.69) is 43.3 Å². The number of aromatic nitrogens is 2. The minimum Gasteiger partial charge on any atom is -0.494 e. The van der Waals surface area contributed by atoms with Crippen LogP contribution in [0.5, 0.6) is 5.75 Å². The number of ether oxygens (including phenoxy) is 1. The SMILES string of the molecule is COc1cc2ncnc(N3CCc4ccccc43)c2cc1NC(=O)/C=C/CN1CCC(CO)CC1. The summed E-state index contributed by atoms with van der Waals surface area (Å²) in [6.07, 6.45) is 7.98. The number of carbonyl (C=O) groups excluding carboxylic acids is 1. The molecular formula is C27H31N5O3. The number of aliphatic hydroxyl groups excluding tert-OH is 1. The fourth-order valence-corrected chi connectivity index (χ4v) is 4.95. The van der Waals surface area contributed by atoms with Gasteiger partial charge in [0.1, 0.15) is 17.9 Å². The molecule has 2 aliphatic rings. The lowest BCUT2D eigenvalue weighted by Crippen LogP contribution is -2.34. The number of rotatable bonds is 7. The monoisotopic (exact) mass is 473 g/mol. The number of carbonyl (C=O) groups is 1. The van der Waals surface area contributed by atoms with Crippen LogP contribution >= 0.6 is 0 Å². The first-order valence-electron chi connectivity index (χ1n) is 12.1. The summed E-state index contributed by atoms with van der Waals surface area (Å²) in [7, 11) is 1.58. The van der Waals surface area contributed by atoms with Crippen LogP contribution in [0.15, 0.2) is 54.9 Å². The van der Waals surface area contributed by atoms with E-state index in [9.17, 15) is 9.90 Å². The van der Waals surface area contributed by atoms with Crippen molar-refractivity contribution in [2.24, 2.45) is 5.92 Å². The van der Waals surface area contributed by atoms with E-state index < -0.39 is 0 Å². The van der Waals surface area contributed by atoms with E-state index in [1.54, 1.807) is 19.5 Å². The van der Waals surface area contributed by atoms with Crippen molar-refractivity contribution in [3.8, 4) is 5.75 Å². The van der Waals surface area contributed by atoms with Gasteiger partial charge >= 0.3 is 0 Å². The van der Waals surface area contributed by atoms with E-state index in [4.69, 9.17) is 4.74 Å². The number of hydrogen-bond donors (Lipinski definition) is 2. The molecule has 0 saturated carbocycles. The Morgan fingerprint density at radius 3 is 2.83 bits per heavy atom. The molecule has 1 amide bonds. The maximum absolute atomic E-state index is 12.7. The van der Waals surface area contributed by atoms with Gasteiger partial charge in [0, 0.05) is 42.9 Å². The summed E-state index contributed by atoms with van der Waals surface area (Å²) in [5.74, 6) is 1.57. The molecule has 0 atom stereocenters. The highest BCUT2D eigenvalue weighted by Gasteiger charge is 2.23. The number of amides is 1. The van der Waals surface area contributed by atoms with Crippen LogP contribution in [0.4, 0.5) is 17.2 Å². The summed E-state index contributed by atoms with van der Waals surface area (Å²) >= 11 is 0. The van der Waals surface area contributed by atoms with Gasteiger partial charge in [-0.3, -0.25) is 9.69 Å². The molecule has 1 aromatic heterocycles. The molecule has 0 radical (unpaired) electrons. The zero-order valence-corrected chi connectivity index (χ0v) is 20.0. The third-order valence-corrected chi connectivity index (χ3v) is 6.93. The molecule has 182 valence electrons. The van der Waals surface area contributed by atoms with E-state index >= 15 is 0 Å². The normalized spacial score (nSPS) is 16.7. The number of aliphatic hydroxyl groups is 1. The van der Waals surface area contributed by atoms with E-state index in [0.717, 1.165) is 61.3 Å². The smallest absolute Gasteiger partial charge is 0.248 e. The molecule has 0 unspecified atom stereocenters. The fourth-order valence-electron chi connectivity index (χ4n) is 4.95. The Morgan fingerprint density at radius 1 is 1.20 bits per heavy atom. The number of nitrogens with zero attached hydrogens (tertiary/aromatic N) is 4. The number of benzene rings is 2. The minimum absolute atomic E-state index is 0.210. The molecule has 1 fully saturated rings. The lowest BCUT2D eigenvalue weighted by atomic mass is 9.98. The summed E-state index contributed by atoms with van der Waals surface area (Å²) in [4.78, 5) is 26.3. The average Bonchev–Trinajstić information content (AvgIpc) is 3.32. The van der Waals surface area contributed by atoms with Crippen LogP contribution in [-0.2, 0) is 11.2 Å². The molecule has 2 N–H and O–H groups in total. The minimum atomic E-state index is -0.210. The van der Waals surface area contributed by atoms with Crippen molar-refractivity contribution in [3.63, 3.8) is 0 Å². The second-order valence-corrected chi connectivity index (χ2v) is 9.12. The molecule has 1 saturated heterocycles. The van der Waals surface area contributed by atoms with Crippen LogP contribution < -0.4 is 15.0 Å². The first-order valence-corrected chi connectivity index (χ1v) is 12.1. The van der Waals surface area contributed by atoms with Gasteiger partial charge in [-0.25, -0.2) is 9.97 Å². The molecule has 2 aromatic carbocycles. The predicted octanol–water partition coefficient (Wildman–Crippen LogP) is 3.53. The van der Waals surface area contributed by atoms with E-state index in [-0.39, 0.29) is 12.5 Å². The van der Waals surface area contributed by atoms with Gasteiger partial charge in [-0.1, -0.05) is 24.3 Å². The third-order valence-electron chi connectivity index (χ3n) is 6.93. The highest BCUT2D eigenvalue weighted by molar-refractivity contribution is 6.03. The number of hydrogen-bond acceptors (Lipinski definition) is 7. The van der Waals surface area contributed by atoms with Gasteiger partial charge in [-0.05, 0) is 56.0 Å². The van der Waals surface area contributed by atoms with E-state index in [1.807, 2.05) is 24.3 Å². The van der Waals surface area contributed by atoms with Crippen LogP contribution in [0.25, 0.3) is 10.9 Å². The van der Waals surface area contributed by atoms with Crippen molar-refractivity contribution in [1.29, 1.82) is 0 Å². The third kappa shape index (κ3) is 4.99. The average molecular weight is 474 g/mol. The number of piperidine rings is 1. The Hall–Kier alpha value is -3.49. The van der Waals surface area contributed by atoms with Gasteiger partial charge in [-0.2, -0.15) is 0 Å². The summed E-state index contributed by atoms with van der Waals surface area (Å²) in [5.41, 5.74) is 3.80. The van der Waals surface area contributed by atoms with Gasteiger partial charge in [0.2, 0.25) is 5.91 Å². The number of anilines is 3. The summed E-state index contributed by atoms with van der Waals surface area (Å²) in [6, 6.07) is 12.1. The van der Waals surface area contributed by atoms with Crippen molar-refractivity contribution in [3.05, 3.63) is 60.4 Å². The molecule has 5 rings (SSSR count).